The number of hydrogen-bond acceptors (Lipinski definition) is 4. The van der Waals surface area contributed by atoms with Crippen LogP contribution in [0.3, 0.4) is 0 Å². The second-order valence-corrected chi connectivity index (χ2v) is 6.29. The average Bonchev–Trinajstić information content (AvgIpc) is 2.38. The molecule has 0 bridgehead atoms. The van der Waals surface area contributed by atoms with E-state index >= 15 is 0 Å². The molecule has 2 aromatic carbocycles. The van der Waals surface area contributed by atoms with Gasteiger partial charge in [-0.3, -0.25) is 0 Å². The Morgan fingerprint density at radius 3 is 2.55 bits per heavy atom. The highest BCUT2D eigenvalue weighted by Gasteiger charge is 2.16. The number of nitrogen functional groups attached to an aromatic ring is 1. The lowest BCUT2D eigenvalue weighted by atomic mass is 10.2. The second-order valence-electron chi connectivity index (χ2n) is 4.30. The van der Waals surface area contributed by atoms with E-state index in [0.717, 1.165) is 6.07 Å². The first-order valence-electron chi connectivity index (χ1n) is 5.83. The Labute approximate surface area is 116 Å². The minimum Gasteiger partial charge on any atom is -0.494 e. The highest BCUT2D eigenvalue weighted by atomic mass is 32.2. The Morgan fingerprint density at radius 2 is 1.95 bits per heavy atom. The van der Waals surface area contributed by atoms with Gasteiger partial charge < -0.3 is 10.5 Å². The fourth-order valence-electron chi connectivity index (χ4n) is 1.81. The maximum atomic E-state index is 13.6. The molecular formula is C14H14FNO3S. The van der Waals surface area contributed by atoms with Crippen molar-refractivity contribution in [3.05, 3.63) is 53.8 Å². The van der Waals surface area contributed by atoms with Gasteiger partial charge in [0.1, 0.15) is 0 Å². The van der Waals surface area contributed by atoms with Crippen LogP contribution in [0.4, 0.5) is 10.1 Å². The summed E-state index contributed by atoms with van der Waals surface area (Å²) >= 11 is 0. The molecular weight excluding hydrogens is 281 g/mol. The van der Waals surface area contributed by atoms with Crippen molar-refractivity contribution in [1.82, 2.24) is 0 Å². The summed E-state index contributed by atoms with van der Waals surface area (Å²) in [7, 11) is -2.21. The number of sulfone groups is 1. The number of nitrogens with two attached hydrogens (primary N) is 1. The summed E-state index contributed by atoms with van der Waals surface area (Å²) in [5.41, 5.74) is 6.29. The molecule has 2 N–H and O–H groups in total. The van der Waals surface area contributed by atoms with Crippen LogP contribution < -0.4 is 10.5 Å². The Morgan fingerprint density at radius 1 is 1.20 bits per heavy atom. The number of benzene rings is 2. The summed E-state index contributed by atoms with van der Waals surface area (Å²) in [5, 5.41) is 0. The standard InChI is InChI=1S/C14H14FNO3S/c1-19-14-6-5-10(7-13(14)15)9-20(17,18)12-4-2-3-11(16)8-12/h2-8H,9,16H2,1H3. The highest BCUT2D eigenvalue weighted by molar-refractivity contribution is 7.90. The second kappa shape index (κ2) is 5.50. The normalized spacial score (nSPS) is 11.3. The van der Waals surface area contributed by atoms with Gasteiger partial charge in [-0.15, -0.1) is 0 Å². The van der Waals surface area contributed by atoms with Crippen molar-refractivity contribution < 1.29 is 17.5 Å². The molecule has 4 nitrogen and oxygen atoms in total. The molecule has 0 amide bonds. The predicted octanol–water partition coefficient (Wildman–Crippen LogP) is 2.39. The lowest BCUT2D eigenvalue weighted by Crippen LogP contribution is -2.06. The number of rotatable bonds is 4. The summed E-state index contributed by atoms with van der Waals surface area (Å²) in [6, 6.07) is 10.1. The van der Waals surface area contributed by atoms with E-state index in [-0.39, 0.29) is 16.4 Å². The number of anilines is 1. The van der Waals surface area contributed by atoms with Crippen LogP contribution in [-0.4, -0.2) is 15.5 Å². The van der Waals surface area contributed by atoms with Crippen molar-refractivity contribution in [2.24, 2.45) is 0 Å². The molecule has 2 aromatic rings. The molecule has 0 unspecified atom stereocenters. The molecule has 0 heterocycles. The zero-order valence-corrected chi connectivity index (χ0v) is 11.7. The molecule has 2 rings (SSSR count). The molecule has 6 heteroatoms. The number of hydrogen-bond donors (Lipinski definition) is 1. The monoisotopic (exact) mass is 295 g/mol. The van der Waals surface area contributed by atoms with E-state index in [9.17, 15) is 12.8 Å². The van der Waals surface area contributed by atoms with Crippen LogP contribution in [0.15, 0.2) is 47.4 Å². The molecule has 20 heavy (non-hydrogen) atoms. The van der Waals surface area contributed by atoms with Gasteiger partial charge in [0.05, 0.1) is 17.8 Å². The van der Waals surface area contributed by atoms with Crippen molar-refractivity contribution in [2.45, 2.75) is 10.6 Å². The van der Waals surface area contributed by atoms with Crippen LogP contribution in [0.5, 0.6) is 5.75 Å². The summed E-state index contributed by atoms with van der Waals surface area (Å²) < 4.78 is 42.8. The molecule has 0 aromatic heterocycles. The molecule has 0 saturated heterocycles. The van der Waals surface area contributed by atoms with Gasteiger partial charge in [0.25, 0.3) is 0 Å². The van der Waals surface area contributed by atoms with Crippen LogP contribution >= 0.6 is 0 Å². The van der Waals surface area contributed by atoms with Crippen molar-refractivity contribution >= 4 is 15.5 Å². The maximum absolute atomic E-state index is 13.6. The van der Waals surface area contributed by atoms with Gasteiger partial charge in [0.15, 0.2) is 21.4 Å². The van der Waals surface area contributed by atoms with Gasteiger partial charge in [0.2, 0.25) is 0 Å². The van der Waals surface area contributed by atoms with Crippen molar-refractivity contribution in [3.8, 4) is 5.75 Å². The minimum absolute atomic E-state index is 0.0788. The zero-order chi connectivity index (χ0) is 14.8. The van der Waals surface area contributed by atoms with Crippen molar-refractivity contribution in [2.75, 3.05) is 12.8 Å². The van der Waals surface area contributed by atoms with Crippen molar-refractivity contribution in [1.29, 1.82) is 0 Å². The van der Waals surface area contributed by atoms with Gasteiger partial charge in [-0.25, -0.2) is 12.8 Å². The summed E-state index contributed by atoms with van der Waals surface area (Å²) in [6.45, 7) is 0. The fraction of sp³-hybridized carbons (Fsp3) is 0.143. The van der Waals surface area contributed by atoms with Gasteiger partial charge >= 0.3 is 0 Å². The maximum Gasteiger partial charge on any atom is 0.182 e. The number of methoxy groups -OCH3 is 1. The predicted molar refractivity (Wildman–Crippen MR) is 74.7 cm³/mol. The van der Waals surface area contributed by atoms with Crippen molar-refractivity contribution in [3.63, 3.8) is 0 Å². The third-order valence-corrected chi connectivity index (χ3v) is 4.48. The summed E-state index contributed by atoms with van der Waals surface area (Å²) in [4.78, 5) is 0.119. The largest absolute Gasteiger partial charge is 0.494 e. The van der Waals surface area contributed by atoms with E-state index in [4.69, 9.17) is 10.5 Å². The molecule has 0 aliphatic carbocycles. The quantitative estimate of drug-likeness (QED) is 0.879. The Hall–Kier alpha value is -2.08. The van der Waals surface area contributed by atoms with E-state index < -0.39 is 15.7 Å². The van der Waals surface area contributed by atoms with E-state index in [1.54, 1.807) is 12.1 Å². The summed E-state index contributed by atoms with van der Waals surface area (Å²) in [5.74, 6) is -0.806. The van der Waals surface area contributed by atoms with Crippen LogP contribution in [0.1, 0.15) is 5.56 Å². The first kappa shape index (κ1) is 14.3. The van der Waals surface area contributed by atoms with Crippen LogP contribution in [0, 0.1) is 5.82 Å². The average molecular weight is 295 g/mol. The van der Waals surface area contributed by atoms with E-state index in [1.165, 1.54) is 31.4 Å². The molecule has 0 spiro atoms. The zero-order valence-electron chi connectivity index (χ0n) is 10.8. The van der Waals surface area contributed by atoms with Gasteiger partial charge in [-0.05, 0) is 35.9 Å². The lowest BCUT2D eigenvalue weighted by Gasteiger charge is -2.07. The topological polar surface area (TPSA) is 69.4 Å². The fourth-order valence-corrected chi connectivity index (χ4v) is 3.20. The molecule has 0 saturated carbocycles. The van der Waals surface area contributed by atoms with Crippen LogP contribution in [0.25, 0.3) is 0 Å². The number of ether oxygens (including phenoxy) is 1. The highest BCUT2D eigenvalue weighted by Crippen LogP contribution is 2.22. The minimum atomic E-state index is -3.56. The molecule has 0 aliphatic rings. The van der Waals surface area contributed by atoms with Gasteiger partial charge in [0, 0.05) is 5.69 Å². The smallest absolute Gasteiger partial charge is 0.182 e. The Bertz CT molecular complexity index is 729. The van der Waals surface area contributed by atoms with Crippen LogP contribution in [-0.2, 0) is 15.6 Å². The van der Waals surface area contributed by atoms with Crippen LogP contribution in [0.2, 0.25) is 0 Å². The summed E-state index contributed by atoms with van der Waals surface area (Å²) in [6.07, 6.45) is 0. The SMILES string of the molecule is COc1ccc(CS(=O)(=O)c2cccc(N)c2)cc1F. The third kappa shape index (κ3) is 3.08. The molecule has 0 radical (unpaired) electrons. The third-order valence-electron chi connectivity index (χ3n) is 2.79. The molecule has 106 valence electrons. The van der Waals surface area contributed by atoms with E-state index in [1.807, 2.05) is 0 Å². The van der Waals surface area contributed by atoms with E-state index in [2.05, 4.69) is 0 Å². The molecule has 0 atom stereocenters. The molecule has 0 fully saturated rings. The molecule has 0 aliphatic heterocycles. The van der Waals surface area contributed by atoms with Gasteiger partial charge in [-0.1, -0.05) is 12.1 Å². The number of halogens is 1. The van der Waals surface area contributed by atoms with Gasteiger partial charge in [-0.2, -0.15) is 0 Å². The first-order valence-corrected chi connectivity index (χ1v) is 7.48. The Balaban J connectivity index is 2.31. The Kier molecular flexibility index (Phi) is 3.94. The lowest BCUT2D eigenvalue weighted by molar-refractivity contribution is 0.386. The first-order chi connectivity index (χ1) is 9.42. The van der Waals surface area contributed by atoms with E-state index in [0.29, 0.717) is 11.3 Å².